The Labute approximate surface area is 176 Å². The van der Waals surface area contributed by atoms with Gasteiger partial charge < -0.3 is 4.90 Å². The van der Waals surface area contributed by atoms with Gasteiger partial charge in [0.2, 0.25) is 5.91 Å². The van der Waals surface area contributed by atoms with Crippen molar-refractivity contribution < 1.29 is 9.18 Å². The molecule has 4 rings (SSSR count). The first-order valence-electron chi connectivity index (χ1n) is 9.01. The third kappa shape index (κ3) is 3.88. The molecule has 3 aromatic rings. The number of hydrogen-bond acceptors (Lipinski definition) is 5. The van der Waals surface area contributed by atoms with Gasteiger partial charge in [-0.3, -0.25) is 4.79 Å². The zero-order chi connectivity index (χ0) is 19.8. The predicted octanol–water partition coefficient (Wildman–Crippen LogP) is 5.38. The quantitative estimate of drug-likeness (QED) is 0.385. The molecule has 0 unspecified atom stereocenters. The van der Waals surface area contributed by atoms with Gasteiger partial charge in [0.05, 0.1) is 12.3 Å². The van der Waals surface area contributed by atoms with Gasteiger partial charge in [0.25, 0.3) is 0 Å². The van der Waals surface area contributed by atoms with E-state index in [1.165, 1.54) is 22.7 Å². The first-order chi connectivity index (χ1) is 13.5. The Morgan fingerprint density at radius 1 is 1.36 bits per heavy atom. The molecule has 146 valence electrons. The second kappa shape index (κ2) is 7.97. The van der Waals surface area contributed by atoms with Gasteiger partial charge in [-0.05, 0) is 44.4 Å². The highest BCUT2D eigenvalue weighted by Crippen LogP contribution is 2.36. The van der Waals surface area contributed by atoms with Crippen LogP contribution in [0.1, 0.15) is 28.8 Å². The Hall–Kier alpha value is -1.70. The van der Waals surface area contributed by atoms with Crippen LogP contribution < -0.4 is 0 Å². The van der Waals surface area contributed by atoms with Crippen LogP contribution >= 0.6 is 34.7 Å². The molecule has 1 aromatic carbocycles. The SMILES string of the molecule is Cc1sc2ncnc(SCC(=O)N(Cc3c(F)cccc3Cl)C3CC3)c2c1C. The molecule has 1 fully saturated rings. The van der Waals surface area contributed by atoms with E-state index in [1.807, 2.05) is 0 Å². The Morgan fingerprint density at radius 3 is 2.86 bits per heavy atom. The van der Waals surface area contributed by atoms with Gasteiger partial charge in [-0.25, -0.2) is 14.4 Å². The standard InChI is InChI=1S/C20H19ClFN3OS2/c1-11-12(2)28-20-18(11)19(23-10-24-20)27-9-17(26)25(13-6-7-13)8-14-15(21)4-3-5-16(14)22/h3-5,10,13H,6-9H2,1-2H3. The normalized spacial score (nSPS) is 13.9. The van der Waals surface area contributed by atoms with Gasteiger partial charge in [0, 0.05) is 26.9 Å². The maximum Gasteiger partial charge on any atom is 0.233 e. The van der Waals surface area contributed by atoms with Crippen LogP contribution in [0.15, 0.2) is 29.6 Å². The molecule has 4 nitrogen and oxygen atoms in total. The topological polar surface area (TPSA) is 46.1 Å². The lowest BCUT2D eigenvalue weighted by molar-refractivity contribution is -0.129. The van der Waals surface area contributed by atoms with Gasteiger partial charge in [-0.2, -0.15) is 0 Å². The van der Waals surface area contributed by atoms with Crippen LogP contribution in [0.2, 0.25) is 5.02 Å². The molecule has 0 atom stereocenters. The number of amides is 1. The lowest BCUT2D eigenvalue weighted by Crippen LogP contribution is -2.34. The van der Waals surface area contributed by atoms with Crippen molar-refractivity contribution in [1.29, 1.82) is 0 Å². The maximum atomic E-state index is 14.2. The van der Waals surface area contributed by atoms with Crippen LogP contribution in [0.25, 0.3) is 10.2 Å². The highest BCUT2D eigenvalue weighted by Gasteiger charge is 2.33. The number of benzene rings is 1. The summed E-state index contributed by atoms with van der Waals surface area (Å²) in [6, 6.07) is 4.78. The van der Waals surface area contributed by atoms with Crippen LogP contribution in [0.4, 0.5) is 4.39 Å². The maximum absolute atomic E-state index is 14.2. The molecule has 2 aromatic heterocycles. The van der Waals surface area contributed by atoms with Crippen molar-refractivity contribution in [3.05, 3.63) is 51.4 Å². The van der Waals surface area contributed by atoms with Crippen molar-refractivity contribution >= 4 is 50.8 Å². The van der Waals surface area contributed by atoms with Crippen LogP contribution in [0.3, 0.4) is 0 Å². The van der Waals surface area contributed by atoms with Gasteiger partial charge >= 0.3 is 0 Å². The van der Waals surface area contributed by atoms with Crippen LogP contribution in [-0.4, -0.2) is 32.6 Å². The predicted molar refractivity (Wildman–Crippen MR) is 113 cm³/mol. The summed E-state index contributed by atoms with van der Waals surface area (Å²) in [6.45, 7) is 4.32. The third-order valence-corrected chi connectivity index (χ3v) is 7.40. The highest BCUT2D eigenvalue weighted by atomic mass is 35.5. The minimum absolute atomic E-state index is 0.0248. The summed E-state index contributed by atoms with van der Waals surface area (Å²) in [5, 5.41) is 2.20. The van der Waals surface area contributed by atoms with E-state index in [0.717, 1.165) is 33.6 Å². The number of thioether (sulfide) groups is 1. The Morgan fingerprint density at radius 2 is 2.14 bits per heavy atom. The minimum atomic E-state index is -0.375. The lowest BCUT2D eigenvalue weighted by atomic mass is 10.2. The van der Waals surface area contributed by atoms with Crippen LogP contribution in [0, 0.1) is 19.7 Å². The van der Waals surface area contributed by atoms with Crippen LogP contribution in [0.5, 0.6) is 0 Å². The van der Waals surface area contributed by atoms with E-state index >= 15 is 0 Å². The van der Waals surface area contributed by atoms with Crippen molar-refractivity contribution in [2.24, 2.45) is 0 Å². The number of fused-ring (bicyclic) bond motifs is 1. The summed E-state index contributed by atoms with van der Waals surface area (Å²) >= 11 is 9.22. The van der Waals surface area contributed by atoms with Crippen molar-refractivity contribution in [2.75, 3.05) is 5.75 Å². The first kappa shape index (κ1) is 19.6. The molecule has 0 spiro atoms. The molecule has 28 heavy (non-hydrogen) atoms. The van der Waals surface area contributed by atoms with E-state index in [9.17, 15) is 9.18 Å². The molecular weight excluding hydrogens is 417 g/mol. The second-order valence-electron chi connectivity index (χ2n) is 6.88. The third-order valence-electron chi connectivity index (χ3n) is 4.96. The highest BCUT2D eigenvalue weighted by molar-refractivity contribution is 8.00. The molecular formula is C20H19ClFN3OS2. The van der Waals surface area contributed by atoms with E-state index in [0.29, 0.717) is 10.6 Å². The van der Waals surface area contributed by atoms with E-state index in [4.69, 9.17) is 11.6 Å². The fourth-order valence-corrected chi connectivity index (χ4v) is 5.36. The summed E-state index contributed by atoms with van der Waals surface area (Å²) in [4.78, 5) is 25.6. The van der Waals surface area contributed by atoms with Gasteiger partial charge in [-0.15, -0.1) is 11.3 Å². The summed E-state index contributed by atoms with van der Waals surface area (Å²) < 4.78 is 14.2. The fourth-order valence-electron chi connectivity index (χ4n) is 3.13. The largest absolute Gasteiger partial charge is 0.334 e. The number of carbonyl (C=O) groups is 1. The van der Waals surface area contributed by atoms with Crippen molar-refractivity contribution in [3.63, 3.8) is 0 Å². The summed E-state index contributed by atoms with van der Waals surface area (Å²) in [5.41, 5.74) is 1.54. The number of thiophene rings is 1. The van der Waals surface area contributed by atoms with Crippen molar-refractivity contribution in [3.8, 4) is 0 Å². The van der Waals surface area contributed by atoms with Gasteiger partial charge in [0.15, 0.2) is 0 Å². The average Bonchev–Trinajstić information content (AvgIpc) is 3.46. The molecule has 0 N–H and O–H groups in total. The number of aryl methyl sites for hydroxylation is 2. The molecule has 1 amide bonds. The van der Waals surface area contributed by atoms with E-state index in [2.05, 4.69) is 23.8 Å². The molecule has 1 aliphatic rings. The summed E-state index contributed by atoms with van der Waals surface area (Å²) in [6.07, 6.45) is 3.44. The summed E-state index contributed by atoms with van der Waals surface area (Å²) in [5.74, 6) is -0.146. The van der Waals surface area contributed by atoms with E-state index in [1.54, 1.807) is 34.7 Å². The number of aromatic nitrogens is 2. The van der Waals surface area contributed by atoms with Gasteiger partial charge in [0.1, 0.15) is 22.0 Å². The first-order valence-corrected chi connectivity index (χ1v) is 11.2. The number of hydrogen-bond donors (Lipinski definition) is 0. The number of nitrogens with zero attached hydrogens (tertiary/aromatic N) is 3. The Bertz CT molecular complexity index is 1030. The zero-order valence-corrected chi connectivity index (χ0v) is 17.9. The van der Waals surface area contributed by atoms with Gasteiger partial charge in [-0.1, -0.05) is 29.4 Å². The summed E-state index contributed by atoms with van der Waals surface area (Å²) in [7, 11) is 0. The lowest BCUT2D eigenvalue weighted by Gasteiger charge is -2.23. The fraction of sp³-hybridized carbons (Fsp3) is 0.350. The Kier molecular flexibility index (Phi) is 5.58. The van der Waals surface area contributed by atoms with E-state index < -0.39 is 0 Å². The van der Waals surface area contributed by atoms with Crippen molar-refractivity contribution in [1.82, 2.24) is 14.9 Å². The molecule has 1 aliphatic carbocycles. The van der Waals surface area contributed by atoms with Crippen LogP contribution in [-0.2, 0) is 11.3 Å². The monoisotopic (exact) mass is 435 g/mol. The average molecular weight is 436 g/mol. The molecule has 8 heteroatoms. The molecule has 0 saturated heterocycles. The number of rotatable bonds is 6. The molecule has 0 aliphatic heterocycles. The second-order valence-corrected chi connectivity index (χ2v) is 9.46. The number of halogens is 2. The molecule has 0 radical (unpaired) electrons. The smallest absolute Gasteiger partial charge is 0.233 e. The van der Waals surface area contributed by atoms with Crippen molar-refractivity contribution in [2.45, 2.75) is 44.3 Å². The minimum Gasteiger partial charge on any atom is -0.334 e. The Balaban J connectivity index is 1.52. The molecule has 1 saturated carbocycles. The zero-order valence-electron chi connectivity index (χ0n) is 15.5. The molecule has 2 heterocycles. The van der Waals surface area contributed by atoms with E-state index in [-0.39, 0.29) is 30.1 Å². The number of carbonyl (C=O) groups excluding carboxylic acids is 1. The molecule has 0 bridgehead atoms.